The van der Waals surface area contributed by atoms with Crippen molar-refractivity contribution in [3.63, 3.8) is 0 Å². The van der Waals surface area contributed by atoms with Gasteiger partial charge in [0.1, 0.15) is 0 Å². The van der Waals surface area contributed by atoms with Gasteiger partial charge in [0.25, 0.3) is 5.91 Å². The van der Waals surface area contributed by atoms with Crippen LogP contribution < -0.4 is 4.90 Å². The number of amides is 1. The number of hydrogen-bond donors (Lipinski definition) is 1. The first-order valence-corrected chi connectivity index (χ1v) is 9.22. The van der Waals surface area contributed by atoms with Crippen LogP contribution in [0, 0.1) is 6.92 Å². The molecule has 1 aromatic heterocycles. The predicted molar refractivity (Wildman–Crippen MR) is 110 cm³/mol. The highest BCUT2D eigenvalue weighted by Gasteiger charge is 2.33. The van der Waals surface area contributed by atoms with Crippen molar-refractivity contribution in [1.29, 1.82) is 0 Å². The highest BCUT2D eigenvalue weighted by Crippen LogP contribution is 2.35. The molecule has 0 bridgehead atoms. The summed E-state index contributed by atoms with van der Waals surface area (Å²) in [5.41, 5.74) is 3.22. The highest BCUT2D eigenvalue weighted by molar-refractivity contribution is 8.27. The number of benzene rings is 2. The van der Waals surface area contributed by atoms with E-state index >= 15 is 0 Å². The number of rotatable bonds is 3. The van der Waals surface area contributed by atoms with E-state index in [9.17, 15) is 9.59 Å². The number of para-hydroxylation sites is 1. The van der Waals surface area contributed by atoms with Gasteiger partial charge in [-0.2, -0.15) is 0 Å². The number of aromatic amines is 1. The number of allylic oxidation sites excluding steroid dienone is 1. The van der Waals surface area contributed by atoms with E-state index in [0.29, 0.717) is 20.5 Å². The van der Waals surface area contributed by atoms with Gasteiger partial charge < -0.3 is 4.98 Å². The van der Waals surface area contributed by atoms with Crippen LogP contribution in [0.4, 0.5) is 5.69 Å². The monoisotopic (exact) mass is 378 g/mol. The van der Waals surface area contributed by atoms with Crippen molar-refractivity contribution < 1.29 is 9.59 Å². The normalized spacial score (nSPS) is 16.0. The van der Waals surface area contributed by atoms with E-state index in [-0.39, 0.29) is 11.7 Å². The number of fused-ring (bicyclic) bond motifs is 1. The Morgan fingerprint density at radius 2 is 1.96 bits per heavy atom. The maximum atomic E-state index is 12.8. The molecule has 3 aromatic rings. The molecule has 1 aliphatic heterocycles. The first-order chi connectivity index (χ1) is 12.5. The molecular weight excluding hydrogens is 364 g/mol. The minimum Gasteiger partial charge on any atom is -0.360 e. The minimum atomic E-state index is -0.268. The number of thiocarbonyl (C=S) groups is 1. The fourth-order valence-electron chi connectivity index (χ4n) is 2.90. The summed E-state index contributed by atoms with van der Waals surface area (Å²) >= 11 is 6.48. The van der Waals surface area contributed by atoms with Crippen molar-refractivity contribution in [3.8, 4) is 0 Å². The molecule has 1 amide bonds. The van der Waals surface area contributed by atoms with Gasteiger partial charge in [-0.15, -0.1) is 0 Å². The Labute approximate surface area is 159 Å². The van der Waals surface area contributed by atoms with E-state index in [1.165, 1.54) is 11.0 Å². The van der Waals surface area contributed by atoms with Crippen LogP contribution in [0.15, 0.2) is 65.7 Å². The molecule has 4 nitrogen and oxygen atoms in total. The van der Waals surface area contributed by atoms with Gasteiger partial charge >= 0.3 is 0 Å². The molecule has 0 spiro atoms. The van der Waals surface area contributed by atoms with Crippen LogP contribution in [0.1, 0.15) is 15.9 Å². The van der Waals surface area contributed by atoms with E-state index < -0.39 is 0 Å². The van der Waals surface area contributed by atoms with Crippen molar-refractivity contribution in [2.45, 2.75) is 6.92 Å². The van der Waals surface area contributed by atoms with Crippen molar-refractivity contribution in [3.05, 3.63) is 76.8 Å². The molecule has 0 aliphatic carbocycles. The standard InChI is InChI=1S/C20H14N2O2S2/c1-12-7-8-16-14(9-12)15(11-21-16)17(23)10-18-19(24)22(20(25)26-18)13-5-3-2-4-6-13/h2-11,21H,1H3/b18-10-. The summed E-state index contributed by atoms with van der Waals surface area (Å²) < 4.78 is 0.426. The van der Waals surface area contributed by atoms with Gasteiger partial charge in [0.2, 0.25) is 0 Å². The fraction of sp³-hybridized carbons (Fsp3) is 0.0500. The summed E-state index contributed by atoms with van der Waals surface area (Å²) in [5.74, 6) is -0.481. The molecule has 0 saturated carbocycles. The highest BCUT2D eigenvalue weighted by atomic mass is 32.2. The molecule has 2 heterocycles. The van der Waals surface area contributed by atoms with E-state index in [0.717, 1.165) is 28.2 Å². The van der Waals surface area contributed by atoms with Gasteiger partial charge in [-0.25, -0.2) is 0 Å². The third-order valence-corrected chi connectivity index (χ3v) is 5.48. The van der Waals surface area contributed by atoms with E-state index in [1.807, 2.05) is 55.5 Å². The molecule has 2 aromatic carbocycles. The molecule has 0 unspecified atom stereocenters. The minimum absolute atomic E-state index is 0.213. The molecule has 6 heteroatoms. The zero-order chi connectivity index (χ0) is 18.3. The second kappa shape index (κ2) is 6.55. The number of hydrogen-bond acceptors (Lipinski definition) is 4. The van der Waals surface area contributed by atoms with Crippen LogP contribution >= 0.6 is 24.0 Å². The summed E-state index contributed by atoms with van der Waals surface area (Å²) in [4.78, 5) is 30.4. The lowest BCUT2D eigenvalue weighted by Gasteiger charge is -2.13. The largest absolute Gasteiger partial charge is 0.360 e. The molecule has 4 rings (SSSR count). The van der Waals surface area contributed by atoms with E-state index in [4.69, 9.17) is 12.2 Å². The molecular formula is C20H14N2O2S2. The average molecular weight is 378 g/mol. The van der Waals surface area contributed by atoms with Crippen LogP contribution in [-0.4, -0.2) is 21.0 Å². The molecule has 0 atom stereocenters. The van der Waals surface area contributed by atoms with Crippen molar-refractivity contribution in [2.75, 3.05) is 4.90 Å². The third-order valence-electron chi connectivity index (χ3n) is 4.17. The fourth-order valence-corrected chi connectivity index (χ4v) is 4.17. The van der Waals surface area contributed by atoms with Gasteiger partial charge in [-0.1, -0.05) is 53.8 Å². The quantitative estimate of drug-likeness (QED) is 0.411. The zero-order valence-electron chi connectivity index (χ0n) is 13.9. The van der Waals surface area contributed by atoms with Crippen LogP contribution in [-0.2, 0) is 4.79 Å². The summed E-state index contributed by atoms with van der Waals surface area (Å²) in [6.45, 7) is 1.98. The molecule has 1 saturated heterocycles. The molecule has 1 aliphatic rings. The lowest BCUT2D eigenvalue weighted by molar-refractivity contribution is -0.113. The molecule has 1 fully saturated rings. The summed E-state index contributed by atoms with van der Waals surface area (Å²) in [6, 6.07) is 15.1. The number of ketones is 1. The Bertz CT molecular complexity index is 1080. The van der Waals surface area contributed by atoms with Crippen molar-refractivity contribution >= 4 is 56.6 Å². The van der Waals surface area contributed by atoms with Gasteiger partial charge in [0.05, 0.1) is 10.6 Å². The molecule has 128 valence electrons. The van der Waals surface area contributed by atoms with Crippen LogP contribution in [0.3, 0.4) is 0 Å². The number of nitrogens with one attached hydrogen (secondary N) is 1. The van der Waals surface area contributed by atoms with Crippen molar-refractivity contribution in [1.82, 2.24) is 4.98 Å². The van der Waals surface area contributed by atoms with Gasteiger partial charge in [0.15, 0.2) is 10.1 Å². The second-order valence-corrected chi connectivity index (χ2v) is 7.64. The Hall–Kier alpha value is -2.70. The molecule has 26 heavy (non-hydrogen) atoms. The third kappa shape index (κ3) is 2.87. The average Bonchev–Trinajstić information content (AvgIpc) is 3.16. The second-order valence-electron chi connectivity index (χ2n) is 5.97. The summed E-state index contributed by atoms with van der Waals surface area (Å²) in [7, 11) is 0. The first-order valence-electron chi connectivity index (χ1n) is 7.99. The van der Waals surface area contributed by atoms with E-state index in [2.05, 4.69) is 4.98 Å². The Balaban J connectivity index is 1.68. The number of carbonyl (C=O) groups is 2. The predicted octanol–water partition coefficient (Wildman–Crippen LogP) is 4.61. The van der Waals surface area contributed by atoms with Crippen molar-refractivity contribution in [2.24, 2.45) is 0 Å². The Morgan fingerprint density at radius 1 is 1.19 bits per heavy atom. The first kappa shape index (κ1) is 16.8. The Kier molecular flexibility index (Phi) is 4.22. The Morgan fingerprint density at radius 3 is 2.73 bits per heavy atom. The number of anilines is 1. The van der Waals surface area contributed by atoms with Gasteiger partial charge in [-0.05, 0) is 31.2 Å². The maximum absolute atomic E-state index is 12.8. The van der Waals surface area contributed by atoms with E-state index in [1.54, 1.807) is 6.20 Å². The lowest BCUT2D eigenvalue weighted by atomic mass is 10.1. The molecule has 1 N–H and O–H groups in total. The number of thioether (sulfide) groups is 1. The van der Waals surface area contributed by atoms with Gasteiger partial charge in [-0.3, -0.25) is 14.5 Å². The smallest absolute Gasteiger partial charge is 0.270 e. The van der Waals surface area contributed by atoms with Crippen LogP contribution in [0.25, 0.3) is 10.9 Å². The number of H-pyrrole nitrogens is 1. The zero-order valence-corrected chi connectivity index (χ0v) is 15.5. The SMILES string of the molecule is Cc1ccc2[nH]cc(C(=O)/C=C3\SC(=S)N(c4ccccc4)C3=O)c2c1. The summed E-state index contributed by atoms with van der Waals surface area (Å²) in [6.07, 6.45) is 3.06. The number of aromatic nitrogens is 1. The summed E-state index contributed by atoms with van der Waals surface area (Å²) in [5, 5.41) is 0.852. The lowest BCUT2D eigenvalue weighted by Crippen LogP contribution is -2.27. The number of aryl methyl sites for hydroxylation is 1. The number of nitrogens with zero attached hydrogens (tertiary/aromatic N) is 1. The maximum Gasteiger partial charge on any atom is 0.270 e. The van der Waals surface area contributed by atoms with Crippen LogP contribution in [0.2, 0.25) is 0 Å². The molecule has 0 radical (unpaired) electrons. The number of carbonyl (C=O) groups excluding carboxylic acids is 2. The topological polar surface area (TPSA) is 53.2 Å². The van der Waals surface area contributed by atoms with Gasteiger partial charge in [0, 0.05) is 28.7 Å². The van der Waals surface area contributed by atoms with Crippen LogP contribution in [0.5, 0.6) is 0 Å².